The van der Waals surface area contributed by atoms with E-state index in [1.54, 1.807) is 0 Å². The van der Waals surface area contributed by atoms with Gasteiger partial charge in [0, 0.05) is 18.1 Å². The lowest BCUT2D eigenvalue weighted by molar-refractivity contribution is -0.385. The first-order valence-corrected chi connectivity index (χ1v) is 6.24. The molecule has 0 spiro atoms. The Morgan fingerprint density at radius 1 is 1.42 bits per heavy atom. The highest BCUT2D eigenvalue weighted by molar-refractivity contribution is 9.09. The van der Waals surface area contributed by atoms with Gasteiger partial charge in [-0.1, -0.05) is 15.9 Å². The summed E-state index contributed by atoms with van der Waals surface area (Å²) in [5.41, 5.74) is -0.210. The number of ketones is 1. The topological polar surface area (TPSA) is 118 Å². The number of nitro groups is 1. The van der Waals surface area contributed by atoms with Crippen LogP contribution in [0.2, 0.25) is 0 Å². The van der Waals surface area contributed by atoms with Crippen molar-refractivity contribution in [3.05, 3.63) is 39.4 Å². The van der Waals surface area contributed by atoms with Gasteiger partial charge >= 0.3 is 5.97 Å². The van der Waals surface area contributed by atoms with Gasteiger partial charge in [-0.25, -0.2) is 4.79 Å². The van der Waals surface area contributed by atoms with Crippen molar-refractivity contribution in [2.45, 2.75) is 12.5 Å². The lowest BCUT2D eigenvalue weighted by Gasteiger charge is -2.08. The highest BCUT2D eigenvalue weighted by atomic mass is 79.9. The number of nitro benzene ring substituents is 1. The summed E-state index contributed by atoms with van der Waals surface area (Å²) < 4.78 is 0. The fourth-order valence-corrected chi connectivity index (χ4v) is 1.70. The van der Waals surface area contributed by atoms with Gasteiger partial charge in [-0.3, -0.25) is 14.9 Å². The van der Waals surface area contributed by atoms with Crippen LogP contribution in [0.25, 0.3) is 0 Å². The fourth-order valence-electron chi connectivity index (χ4n) is 1.50. The summed E-state index contributed by atoms with van der Waals surface area (Å²) in [7, 11) is 0. The van der Waals surface area contributed by atoms with Crippen molar-refractivity contribution in [3.63, 3.8) is 0 Å². The zero-order chi connectivity index (χ0) is 14.6. The molecule has 7 nitrogen and oxygen atoms in total. The number of carboxylic acids is 1. The Morgan fingerprint density at radius 3 is 2.53 bits per heavy atom. The molecule has 0 aromatic heterocycles. The smallest absolute Gasteiger partial charge is 0.337 e. The maximum Gasteiger partial charge on any atom is 0.337 e. The Hall–Kier alpha value is -1.80. The van der Waals surface area contributed by atoms with Gasteiger partial charge in [-0.2, -0.15) is 0 Å². The van der Waals surface area contributed by atoms with Gasteiger partial charge in [0.2, 0.25) is 0 Å². The van der Waals surface area contributed by atoms with Crippen molar-refractivity contribution < 1.29 is 24.7 Å². The number of hydrogen-bond acceptors (Lipinski definition) is 5. The van der Waals surface area contributed by atoms with Crippen LogP contribution in [0.15, 0.2) is 18.2 Å². The van der Waals surface area contributed by atoms with Crippen LogP contribution in [0.5, 0.6) is 0 Å². The number of rotatable bonds is 6. The van der Waals surface area contributed by atoms with Gasteiger partial charge in [0.25, 0.3) is 5.69 Å². The number of aliphatic hydroxyl groups excluding tert-OH is 1. The largest absolute Gasteiger partial charge is 0.479 e. The molecule has 0 bridgehead atoms. The molecule has 0 fully saturated rings. The first kappa shape index (κ1) is 15.3. The van der Waals surface area contributed by atoms with Gasteiger partial charge in [0.1, 0.15) is 5.78 Å². The molecule has 0 heterocycles. The second-order valence-electron chi connectivity index (χ2n) is 3.74. The summed E-state index contributed by atoms with van der Waals surface area (Å²) in [6.45, 7) is 0. The third-order valence-electron chi connectivity index (χ3n) is 2.39. The highest BCUT2D eigenvalue weighted by Crippen LogP contribution is 2.24. The second kappa shape index (κ2) is 6.39. The number of Topliss-reactive ketones (excluding diaryl/α,β-unsaturated/α-hetero) is 1. The molecule has 1 aromatic carbocycles. The standard InChI is InChI=1S/C11H10BrNO6/c12-5-8(14)4-7-3-6(10(15)11(16)17)1-2-9(7)13(18)19/h1-3,10,15H,4-5H2,(H,16,17). The van der Waals surface area contributed by atoms with Gasteiger partial charge in [-0.05, 0) is 17.7 Å². The van der Waals surface area contributed by atoms with E-state index in [4.69, 9.17) is 5.11 Å². The fraction of sp³-hybridized carbons (Fsp3) is 0.273. The monoisotopic (exact) mass is 331 g/mol. The molecule has 102 valence electrons. The van der Waals surface area contributed by atoms with Crippen LogP contribution >= 0.6 is 15.9 Å². The number of halogens is 1. The minimum absolute atomic E-state index is 0.00419. The van der Waals surface area contributed by atoms with Crippen molar-refractivity contribution in [1.29, 1.82) is 0 Å². The predicted octanol–water partition coefficient (Wildman–Crippen LogP) is 1.22. The molecule has 1 unspecified atom stereocenters. The van der Waals surface area contributed by atoms with Crippen molar-refractivity contribution >= 4 is 33.4 Å². The van der Waals surface area contributed by atoms with Crippen molar-refractivity contribution in [2.24, 2.45) is 0 Å². The normalized spacial score (nSPS) is 11.9. The van der Waals surface area contributed by atoms with E-state index >= 15 is 0 Å². The van der Waals surface area contributed by atoms with Crippen LogP contribution < -0.4 is 0 Å². The van der Waals surface area contributed by atoms with E-state index in [-0.39, 0.29) is 34.3 Å². The predicted molar refractivity (Wildman–Crippen MR) is 68.2 cm³/mol. The SMILES string of the molecule is O=C(CBr)Cc1cc(C(O)C(=O)O)ccc1[N+](=O)[O-]. The molecule has 0 saturated carbocycles. The average molecular weight is 332 g/mol. The van der Waals surface area contributed by atoms with Crippen LogP contribution in [-0.4, -0.2) is 32.2 Å². The van der Waals surface area contributed by atoms with E-state index in [0.29, 0.717) is 0 Å². The van der Waals surface area contributed by atoms with Gasteiger partial charge in [0.15, 0.2) is 6.10 Å². The van der Waals surface area contributed by atoms with E-state index in [1.165, 1.54) is 0 Å². The summed E-state index contributed by atoms with van der Waals surface area (Å²) in [6, 6.07) is 3.40. The highest BCUT2D eigenvalue weighted by Gasteiger charge is 2.21. The van der Waals surface area contributed by atoms with Gasteiger partial charge < -0.3 is 10.2 Å². The van der Waals surface area contributed by atoms with E-state index in [1.807, 2.05) is 0 Å². The number of aliphatic hydroxyl groups is 1. The van der Waals surface area contributed by atoms with Crippen LogP contribution in [0.4, 0.5) is 5.69 Å². The molecule has 2 N–H and O–H groups in total. The Kier molecular flexibility index (Phi) is 5.13. The average Bonchev–Trinajstić information content (AvgIpc) is 2.37. The van der Waals surface area contributed by atoms with Crippen LogP contribution in [0.3, 0.4) is 0 Å². The summed E-state index contributed by atoms with van der Waals surface area (Å²) in [5, 5.41) is 28.9. The molecule has 1 aromatic rings. The van der Waals surface area contributed by atoms with E-state index in [0.717, 1.165) is 18.2 Å². The number of benzene rings is 1. The zero-order valence-corrected chi connectivity index (χ0v) is 11.2. The zero-order valence-electron chi connectivity index (χ0n) is 9.58. The minimum Gasteiger partial charge on any atom is -0.479 e. The summed E-state index contributed by atoms with van der Waals surface area (Å²) in [5.74, 6) is -1.75. The molecule has 19 heavy (non-hydrogen) atoms. The molecule has 0 aliphatic heterocycles. The van der Waals surface area contributed by atoms with Crippen LogP contribution in [0, 0.1) is 10.1 Å². The molecular weight excluding hydrogens is 322 g/mol. The number of carbonyl (C=O) groups is 2. The number of nitrogens with zero attached hydrogens (tertiary/aromatic N) is 1. The quantitative estimate of drug-likeness (QED) is 0.459. The van der Waals surface area contributed by atoms with E-state index < -0.39 is 17.0 Å². The van der Waals surface area contributed by atoms with Crippen molar-refractivity contribution in [2.75, 3.05) is 5.33 Å². The molecule has 1 atom stereocenters. The molecule has 0 amide bonds. The van der Waals surface area contributed by atoms with Crippen molar-refractivity contribution in [3.8, 4) is 0 Å². The van der Waals surface area contributed by atoms with E-state index in [2.05, 4.69) is 15.9 Å². The summed E-state index contributed by atoms with van der Waals surface area (Å²) >= 11 is 2.94. The first-order chi connectivity index (χ1) is 8.86. The lowest BCUT2D eigenvalue weighted by atomic mass is 10.0. The molecule has 0 radical (unpaired) electrons. The molecule has 1 rings (SSSR count). The first-order valence-electron chi connectivity index (χ1n) is 5.12. The maximum atomic E-state index is 11.3. The van der Waals surface area contributed by atoms with Gasteiger partial charge in [0.05, 0.1) is 10.3 Å². The number of carbonyl (C=O) groups excluding carboxylic acids is 1. The van der Waals surface area contributed by atoms with Gasteiger partial charge in [-0.15, -0.1) is 0 Å². The second-order valence-corrected chi connectivity index (χ2v) is 4.30. The molecule has 0 saturated heterocycles. The van der Waals surface area contributed by atoms with Crippen LogP contribution in [-0.2, 0) is 16.0 Å². The minimum atomic E-state index is -1.78. The molecular formula is C11H10BrNO6. The summed E-state index contributed by atoms with van der Waals surface area (Å²) in [6.07, 6.45) is -1.99. The summed E-state index contributed by atoms with van der Waals surface area (Å²) in [4.78, 5) is 32.1. The Balaban J connectivity index is 3.21. The lowest BCUT2D eigenvalue weighted by Crippen LogP contribution is -2.12. The maximum absolute atomic E-state index is 11.3. The van der Waals surface area contributed by atoms with Crippen molar-refractivity contribution in [1.82, 2.24) is 0 Å². The molecule has 0 aliphatic rings. The third kappa shape index (κ3) is 3.83. The molecule has 8 heteroatoms. The Bertz CT molecular complexity index is 530. The van der Waals surface area contributed by atoms with Crippen LogP contribution in [0.1, 0.15) is 17.2 Å². The molecule has 0 aliphatic carbocycles. The number of hydrogen-bond donors (Lipinski definition) is 2. The van der Waals surface area contributed by atoms with E-state index in [9.17, 15) is 24.8 Å². The third-order valence-corrected chi connectivity index (χ3v) is 3.01. The Morgan fingerprint density at radius 2 is 2.05 bits per heavy atom. The number of aliphatic carboxylic acids is 1. The number of alkyl halides is 1. The Labute approximate surface area is 116 Å². The number of carboxylic acid groups (broad SMARTS) is 1.